The Bertz CT molecular complexity index is 425. The molecule has 20 heavy (non-hydrogen) atoms. The van der Waals surface area contributed by atoms with Crippen LogP contribution in [0.25, 0.3) is 0 Å². The predicted molar refractivity (Wildman–Crippen MR) is 77.1 cm³/mol. The molecule has 6 heteroatoms. The average molecular weight is 279 g/mol. The third kappa shape index (κ3) is 4.03. The molecule has 0 bridgehead atoms. The van der Waals surface area contributed by atoms with Crippen LogP contribution in [0.1, 0.15) is 57.2 Å². The van der Waals surface area contributed by atoms with E-state index in [1.54, 1.807) is 4.68 Å². The second-order valence-electron chi connectivity index (χ2n) is 5.60. The second kappa shape index (κ2) is 7.38. The number of aryl methyl sites for hydroxylation is 1. The highest BCUT2D eigenvalue weighted by atomic mass is 16.2. The molecule has 112 valence electrons. The lowest BCUT2D eigenvalue weighted by Gasteiger charge is -2.16. The lowest BCUT2D eigenvalue weighted by Crippen LogP contribution is -2.37. The van der Waals surface area contributed by atoms with Crippen molar-refractivity contribution < 1.29 is 4.79 Å². The van der Waals surface area contributed by atoms with Crippen LogP contribution < -0.4 is 11.1 Å². The van der Waals surface area contributed by atoms with E-state index in [0.717, 1.165) is 37.8 Å². The van der Waals surface area contributed by atoms with Crippen molar-refractivity contribution in [2.75, 3.05) is 6.54 Å². The molecule has 6 nitrogen and oxygen atoms in total. The maximum absolute atomic E-state index is 12.2. The van der Waals surface area contributed by atoms with Gasteiger partial charge in [-0.05, 0) is 45.6 Å². The first-order valence-electron chi connectivity index (χ1n) is 7.62. The monoisotopic (exact) mass is 279 g/mol. The molecule has 1 aromatic heterocycles. The van der Waals surface area contributed by atoms with Gasteiger partial charge in [-0.1, -0.05) is 18.1 Å². The highest BCUT2D eigenvalue weighted by Crippen LogP contribution is 2.18. The van der Waals surface area contributed by atoms with E-state index in [-0.39, 0.29) is 11.9 Å². The number of hydrogen-bond donors (Lipinski definition) is 2. The molecule has 0 radical (unpaired) electrons. The van der Waals surface area contributed by atoms with Gasteiger partial charge in [-0.25, -0.2) is 4.68 Å². The molecule has 1 saturated carbocycles. The molecule has 1 aromatic rings. The first-order valence-corrected chi connectivity index (χ1v) is 7.62. The smallest absolute Gasteiger partial charge is 0.244 e. The Kier molecular flexibility index (Phi) is 5.52. The number of rotatable bonds is 7. The van der Waals surface area contributed by atoms with Crippen LogP contribution in [0, 0.1) is 0 Å². The number of nitrogens with two attached hydrogens (primary N) is 1. The fourth-order valence-corrected chi connectivity index (χ4v) is 2.58. The van der Waals surface area contributed by atoms with Gasteiger partial charge in [0.15, 0.2) is 0 Å². The Balaban J connectivity index is 1.84. The highest BCUT2D eigenvalue weighted by Gasteiger charge is 2.22. The minimum absolute atomic E-state index is 0.0373. The van der Waals surface area contributed by atoms with Gasteiger partial charge in [-0.15, -0.1) is 5.10 Å². The van der Waals surface area contributed by atoms with Crippen molar-refractivity contribution >= 4 is 5.91 Å². The molecule has 0 aromatic carbocycles. The molecule has 1 atom stereocenters. The fourth-order valence-electron chi connectivity index (χ4n) is 2.58. The molecule has 1 heterocycles. The summed E-state index contributed by atoms with van der Waals surface area (Å²) in [7, 11) is 0. The van der Waals surface area contributed by atoms with E-state index in [1.807, 2.05) is 13.1 Å². The summed E-state index contributed by atoms with van der Waals surface area (Å²) in [5.74, 6) is 0.0373. The number of hydrogen-bond acceptors (Lipinski definition) is 4. The standard InChI is InChI=1S/C14H25N5O/c1-11(14(20)16-12-6-2-3-7-12)19-10-13(17-18-19)8-4-5-9-15/h10-12H,2-9,15H2,1H3,(H,16,20). The van der Waals surface area contributed by atoms with Gasteiger partial charge in [-0.2, -0.15) is 0 Å². The van der Waals surface area contributed by atoms with Crippen LogP contribution in [-0.4, -0.2) is 33.5 Å². The molecule has 1 amide bonds. The summed E-state index contributed by atoms with van der Waals surface area (Å²) < 4.78 is 1.65. The number of nitrogens with one attached hydrogen (secondary N) is 1. The van der Waals surface area contributed by atoms with Gasteiger partial charge >= 0.3 is 0 Å². The molecular weight excluding hydrogens is 254 g/mol. The minimum atomic E-state index is -0.300. The summed E-state index contributed by atoms with van der Waals surface area (Å²) in [4.78, 5) is 12.2. The summed E-state index contributed by atoms with van der Waals surface area (Å²) in [6.45, 7) is 2.57. The molecule has 1 aliphatic rings. The second-order valence-corrected chi connectivity index (χ2v) is 5.60. The third-order valence-corrected chi connectivity index (χ3v) is 3.92. The zero-order chi connectivity index (χ0) is 14.4. The Morgan fingerprint density at radius 3 is 2.95 bits per heavy atom. The van der Waals surface area contributed by atoms with Gasteiger partial charge in [0, 0.05) is 12.2 Å². The molecule has 3 N–H and O–H groups in total. The van der Waals surface area contributed by atoms with Crippen LogP contribution in [0.15, 0.2) is 6.20 Å². The largest absolute Gasteiger partial charge is 0.352 e. The van der Waals surface area contributed by atoms with Gasteiger partial charge in [-0.3, -0.25) is 4.79 Å². The minimum Gasteiger partial charge on any atom is -0.352 e. The topological polar surface area (TPSA) is 85.8 Å². The normalized spacial score (nSPS) is 17.3. The molecule has 1 aliphatic carbocycles. The molecule has 0 spiro atoms. The molecule has 1 fully saturated rings. The number of aromatic nitrogens is 3. The van der Waals surface area contributed by atoms with Crippen LogP contribution in [0.3, 0.4) is 0 Å². The van der Waals surface area contributed by atoms with E-state index in [9.17, 15) is 4.79 Å². The Morgan fingerprint density at radius 1 is 1.50 bits per heavy atom. The van der Waals surface area contributed by atoms with Gasteiger partial charge in [0.2, 0.25) is 5.91 Å². The Hall–Kier alpha value is -1.43. The summed E-state index contributed by atoms with van der Waals surface area (Å²) in [5.41, 5.74) is 6.40. The van der Waals surface area contributed by atoms with Crippen molar-refractivity contribution in [3.63, 3.8) is 0 Å². The lowest BCUT2D eigenvalue weighted by molar-refractivity contribution is -0.124. The van der Waals surface area contributed by atoms with Crippen molar-refractivity contribution in [2.45, 2.75) is 64.0 Å². The summed E-state index contributed by atoms with van der Waals surface area (Å²) in [6, 6.07) is 0.0452. The van der Waals surface area contributed by atoms with Crippen LogP contribution in [0.4, 0.5) is 0 Å². The van der Waals surface area contributed by atoms with E-state index in [4.69, 9.17) is 5.73 Å². The van der Waals surface area contributed by atoms with Crippen LogP contribution in [0.2, 0.25) is 0 Å². The van der Waals surface area contributed by atoms with Crippen molar-refractivity contribution in [2.24, 2.45) is 5.73 Å². The molecule has 2 rings (SSSR count). The lowest BCUT2D eigenvalue weighted by atomic mass is 10.2. The number of nitrogens with zero attached hydrogens (tertiary/aromatic N) is 3. The number of amides is 1. The SMILES string of the molecule is CC(C(=O)NC1CCCC1)n1cc(CCCCN)nn1. The van der Waals surface area contributed by atoms with Crippen LogP contribution >= 0.6 is 0 Å². The number of unbranched alkanes of at least 4 members (excludes halogenated alkanes) is 1. The number of carbonyl (C=O) groups excluding carboxylic acids is 1. The first kappa shape index (κ1) is 15.0. The first-order chi connectivity index (χ1) is 9.70. The number of carbonyl (C=O) groups is 1. The van der Waals surface area contributed by atoms with Crippen molar-refractivity contribution in [1.29, 1.82) is 0 Å². The van der Waals surface area contributed by atoms with Gasteiger partial charge < -0.3 is 11.1 Å². The van der Waals surface area contributed by atoms with Crippen LogP contribution in [0.5, 0.6) is 0 Å². The molecule has 1 unspecified atom stereocenters. The Morgan fingerprint density at radius 2 is 2.25 bits per heavy atom. The van der Waals surface area contributed by atoms with Crippen molar-refractivity contribution in [1.82, 2.24) is 20.3 Å². The van der Waals surface area contributed by atoms with Gasteiger partial charge in [0.05, 0.1) is 5.69 Å². The summed E-state index contributed by atoms with van der Waals surface area (Å²) in [5, 5.41) is 11.3. The van der Waals surface area contributed by atoms with E-state index in [1.165, 1.54) is 12.8 Å². The van der Waals surface area contributed by atoms with Crippen LogP contribution in [-0.2, 0) is 11.2 Å². The quantitative estimate of drug-likeness (QED) is 0.734. The third-order valence-electron chi connectivity index (χ3n) is 3.92. The average Bonchev–Trinajstić information content (AvgIpc) is 3.09. The van der Waals surface area contributed by atoms with Crippen molar-refractivity contribution in [3.8, 4) is 0 Å². The maximum Gasteiger partial charge on any atom is 0.244 e. The van der Waals surface area contributed by atoms with E-state index >= 15 is 0 Å². The van der Waals surface area contributed by atoms with E-state index < -0.39 is 0 Å². The Labute approximate surface area is 120 Å². The molecule has 0 aliphatic heterocycles. The molecular formula is C14H25N5O. The predicted octanol–water partition coefficient (Wildman–Crippen LogP) is 1.18. The van der Waals surface area contributed by atoms with E-state index in [2.05, 4.69) is 15.6 Å². The van der Waals surface area contributed by atoms with E-state index in [0.29, 0.717) is 12.6 Å². The zero-order valence-electron chi connectivity index (χ0n) is 12.2. The van der Waals surface area contributed by atoms with Crippen molar-refractivity contribution in [3.05, 3.63) is 11.9 Å². The molecule has 0 saturated heterocycles. The zero-order valence-corrected chi connectivity index (χ0v) is 12.2. The summed E-state index contributed by atoms with van der Waals surface area (Å²) in [6.07, 6.45) is 9.37. The maximum atomic E-state index is 12.2. The van der Waals surface area contributed by atoms with Gasteiger partial charge in [0.25, 0.3) is 0 Å². The highest BCUT2D eigenvalue weighted by molar-refractivity contribution is 5.80. The van der Waals surface area contributed by atoms with Gasteiger partial charge in [0.1, 0.15) is 6.04 Å². The summed E-state index contributed by atoms with van der Waals surface area (Å²) >= 11 is 0. The fraction of sp³-hybridized carbons (Fsp3) is 0.786.